The molecule has 0 aliphatic carbocycles. The quantitative estimate of drug-likeness (QED) is 0.896. The van der Waals surface area contributed by atoms with Crippen LogP contribution in [0.1, 0.15) is 16.8 Å². The fraction of sp³-hybridized carbons (Fsp3) is 0.263. The number of carbonyl (C=O) groups excluding carboxylic acids is 2. The van der Waals surface area contributed by atoms with Gasteiger partial charge in [-0.2, -0.15) is 0 Å². The van der Waals surface area contributed by atoms with Crippen LogP contribution >= 0.6 is 11.6 Å². The first-order chi connectivity index (χ1) is 12.6. The van der Waals surface area contributed by atoms with Gasteiger partial charge in [0.2, 0.25) is 12.7 Å². The van der Waals surface area contributed by atoms with Crippen molar-refractivity contribution in [1.29, 1.82) is 0 Å². The first-order valence-electron chi connectivity index (χ1n) is 8.34. The number of amides is 2. The van der Waals surface area contributed by atoms with Gasteiger partial charge >= 0.3 is 0 Å². The van der Waals surface area contributed by atoms with Crippen LogP contribution in [0, 0.1) is 5.92 Å². The molecule has 2 amide bonds. The number of carbonyl (C=O) groups is 2. The van der Waals surface area contributed by atoms with Gasteiger partial charge in [-0.25, -0.2) is 0 Å². The SMILES string of the molecule is O=C(NCC1CC(=O)N(c2ccc3c(c2)OCO3)C1)c1ccc(Cl)cc1. The number of rotatable bonds is 4. The van der Waals surface area contributed by atoms with Gasteiger partial charge in [-0.1, -0.05) is 11.6 Å². The van der Waals surface area contributed by atoms with E-state index in [9.17, 15) is 9.59 Å². The molecule has 4 rings (SSSR count). The summed E-state index contributed by atoms with van der Waals surface area (Å²) in [5.41, 5.74) is 1.33. The third-order valence-electron chi connectivity index (χ3n) is 4.53. The number of anilines is 1. The maximum atomic E-state index is 12.4. The fourth-order valence-corrected chi connectivity index (χ4v) is 3.29. The lowest BCUT2D eigenvalue weighted by Crippen LogP contribution is -2.31. The number of ether oxygens (including phenoxy) is 2. The highest BCUT2D eigenvalue weighted by Crippen LogP contribution is 2.37. The molecule has 1 fully saturated rings. The smallest absolute Gasteiger partial charge is 0.251 e. The van der Waals surface area contributed by atoms with Crippen LogP contribution in [0.15, 0.2) is 42.5 Å². The molecule has 2 heterocycles. The monoisotopic (exact) mass is 372 g/mol. The molecule has 2 aliphatic heterocycles. The Bertz CT molecular complexity index is 853. The van der Waals surface area contributed by atoms with Crippen LogP contribution in [0.4, 0.5) is 5.69 Å². The van der Waals surface area contributed by atoms with Crippen molar-refractivity contribution >= 4 is 29.1 Å². The molecule has 0 aromatic heterocycles. The second kappa shape index (κ2) is 6.88. The fourth-order valence-electron chi connectivity index (χ4n) is 3.16. The van der Waals surface area contributed by atoms with Gasteiger partial charge in [0.25, 0.3) is 5.91 Å². The summed E-state index contributed by atoms with van der Waals surface area (Å²) in [5.74, 6) is 1.26. The van der Waals surface area contributed by atoms with Crippen molar-refractivity contribution in [2.75, 3.05) is 24.8 Å². The van der Waals surface area contributed by atoms with E-state index in [4.69, 9.17) is 21.1 Å². The Hall–Kier alpha value is -2.73. The van der Waals surface area contributed by atoms with Gasteiger partial charge in [0.05, 0.1) is 0 Å². The third-order valence-corrected chi connectivity index (χ3v) is 4.78. The third kappa shape index (κ3) is 3.32. The largest absolute Gasteiger partial charge is 0.454 e. The summed E-state index contributed by atoms with van der Waals surface area (Å²) in [6, 6.07) is 12.2. The van der Waals surface area contributed by atoms with Crippen molar-refractivity contribution in [2.45, 2.75) is 6.42 Å². The number of nitrogens with zero attached hydrogens (tertiary/aromatic N) is 1. The van der Waals surface area contributed by atoms with Crippen LogP contribution in [0.25, 0.3) is 0 Å². The van der Waals surface area contributed by atoms with Gasteiger partial charge in [-0.05, 0) is 36.4 Å². The van der Waals surface area contributed by atoms with Crippen LogP contribution in [0.3, 0.4) is 0 Å². The number of hydrogen-bond acceptors (Lipinski definition) is 4. The number of halogens is 1. The molecule has 2 aromatic carbocycles. The first kappa shape index (κ1) is 16.7. The van der Waals surface area contributed by atoms with Crippen molar-refractivity contribution < 1.29 is 19.1 Å². The van der Waals surface area contributed by atoms with E-state index in [1.165, 1.54) is 0 Å². The number of fused-ring (bicyclic) bond motifs is 1. The lowest BCUT2D eigenvalue weighted by molar-refractivity contribution is -0.117. The molecule has 6 nitrogen and oxygen atoms in total. The summed E-state index contributed by atoms with van der Waals surface area (Å²) in [7, 11) is 0. The maximum absolute atomic E-state index is 12.4. The van der Waals surface area contributed by atoms with Crippen LogP contribution in [-0.4, -0.2) is 31.7 Å². The normalized spacial score (nSPS) is 18.3. The highest BCUT2D eigenvalue weighted by Gasteiger charge is 2.31. The molecule has 1 N–H and O–H groups in total. The van der Waals surface area contributed by atoms with Crippen molar-refractivity contribution in [3.05, 3.63) is 53.1 Å². The minimum Gasteiger partial charge on any atom is -0.454 e. The minimum absolute atomic E-state index is 0.0367. The van der Waals surface area contributed by atoms with E-state index in [1.54, 1.807) is 35.2 Å². The van der Waals surface area contributed by atoms with E-state index in [2.05, 4.69) is 5.32 Å². The van der Waals surface area contributed by atoms with Crippen molar-refractivity contribution in [1.82, 2.24) is 5.32 Å². The lowest BCUT2D eigenvalue weighted by Gasteiger charge is -2.17. The molecule has 2 aliphatic rings. The molecule has 0 saturated carbocycles. The molecule has 1 unspecified atom stereocenters. The average Bonchev–Trinajstić information content (AvgIpc) is 3.25. The highest BCUT2D eigenvalue weighted by atomic mass is 35.5. The van der Waals surface area contributed by atoms with E-state index in [1.807, 2.05) is 12.1 Å². The Morgan fingerprint density at radius 2 is 1.92 bits per heavy atom. The molecular formula is C19H17ClN2O4. The first-order valence-corrected chi connectivity index (χ1v) is 8.72. The zero-order valence-electron chi connectivity index (χ0n) is 13.9. The standard InChI is InChI=1S/C19H17ClN2O4/c20-14-3-1-13(2-4-14)19(24)21-9-12-7-18(23)22(10-12)15-5-6-16-17(8-15)26-11-25-16/h1-6,8,12H,7,9-11H2,(H,21,24). The number of nitrogens with one attached hydrogen (secondary N) is 1. The van der Waals surface area contributed by atoms with E-state index in [0.717, 1.165) is 5.69 Å². The average molecular weight is 373 g/mol. The Morgan fingerprint density at radius 1 is 1.15 bits per heavy atom. The predicted molar refractivity (Wildman–Crippen MR) is 96.8 cm³/mol. The van der Waals surface area contributed by atoms with E-state index >= 15 is 0 Å². The molecule has 0 bridgehead atoms. The van der Waals surface area contributed by atoms with Crippen molar-refractivity contribution in [3.8, 4) is 11.5 Å². The predicted octanol–water partition coefficient (Wildman–Crippen LogP) is 2.85. The highest BCUT2D eigenvalue weighted by molar-refractivity contribution is 6.30. The van der Waals surface area contributed by atoms with Crippen molar-refractivity contribution in [3.63, 3.8) is 0 Å². The molecule has 2 aromatic rings. The Balaban J connectivity index is 1.37. The van der Waals surface area contributed by atoms with Gasteiger partial charge in [-0.15, -0.1) is 0 Å². The van der Waals surface area contributed by atoms with Gasteiger partial charge in [-0.3, -0.25) is 9.59 Å². The molecule has 7 heteroatoms. The van der Waals surface area contributed by atoms with E-state index in [-0.39, 0.29) is 24.5 Å². The molecule has 0 radical (unpaired) electrons. The zero-order chi connectivity index (χ0) is 18.1. The second-order valence-electron chi connectivity index (χ2n) is 6.33. The summed E-state index contributed by atoms with van der Waals surface area (Å²) in [6.07, 6.45) is 0.398. The van der Waals surface area contributed by atoms with Crippen molar-refractivity contribution in [2.24, 2.45) is 5.92 Å². The van der Waals surface area contributed by atoms with Gasteiger partial charge in [0.15, 0.2) is 11.5 Å². The number of benzene rings is 2. The molecular weight excluding hydrogens is 356 g/mol. The lowest BCUT2D eigenvalue weighted by atomic mass is 10.1. The summed E-state index contributed by atoms with van der Waals surface area (Å²) in [5, 5.41) is 3.47. The Labute approximate surface area is 155 Å². The molecule has 134 valence electrons. The van der Waals surface area contributed by atoms with Gasteiger partial charge in [0, 0.05) is 47.8 Å². The Kier molecular flexibility index (Phi) is 4.42. The summed E-state index contributed by atoms with van der Waals surface area (Å²) in [4.78, 5) is 26.3. The van der Waals surface area contributed by atoms with E-state index < -0.39 is 0 Å². The minimum atomic E-state index is -0.171. The zero-order valence-corrected chi connectivity index (χ0v) is 14.7. The van der Waals surface area contributed by atoms with Gasteiger partial charge in [0.1, 0.15) is 0 Å². The van der Waals surface area contributed by atoms with Crippen LogP contribution in [-0.2, 0) is 4.79 Å². The van der Waals surface area contributed by atoms with Crippen LogP contribution in [0.2, 0.25) is 5.02 Å². The summed E-state index contributed by atoms with van der Waals surface area (Å²) in [6.45, 7) is 1.19. The molecule has 26 heavy (non-hydrogen) atoms. The summed E-state index contributed by atoms with van der Waals surface area (Å²) < 4.78 is 10.7. The van der Waals surface area contributed by atoms with Crippen LogP contribution < -0.4 is 19.7 Å². The maximum Gasteiger partial charge on any atom is 0.251 e. The van der Waals surface area contributed by atoms with Gasteiger partial charge < -0.3 is 19.7 Å². The number of hydrogen-bond donors (Lipinski definition) is 1. The van der Waals surface area contributed by atoms with Crippen LogP contribution in [0.5, 0.6) is 11.5 Å². The Morgan fingerprint density at radius 3 is 2.73 bits per heavy atom. The second-order valence-corrected chi connectivity index (χ2v) is 6.77. The topological polar surface area (TPSA) is 67.9 Å². The van der Waals surface area contributed by atoms with E-state index in [0.29, 0.717) is 41.6 Å². The molecule has 1 atom stereocenters. The molecule has 1 saturated heterocycles. The summed E-state index contributed by atoms with van der Waals surface area (Å²) >= 11 is 5.83. The molecule has 0 spiro atoms.